The van der Waals surface area contributed by atoms with E-state index in [9.17, 15) is 0 Å². The summed E-state index contributed by atoms with van der Waals surface area (Å²) in [5, 5.41) is 12.6. The van der Waals surface area contributed by atoms with E-state index in [2.05, 4.69) is 173 Å². The van der Waals surface area contributed by atoms with E-state index in [-0.39, 0.29) is 0 Å². The van der Waals surface area contributed by atoms with Crippen LogP contribution in [0.3, 0.4) is 0 Å². The van der Waals surface area contributed by atoms with E-state index in [4.69, 9.17) is 9.97 Å². The molecule has 3 heterocycles. The Bertz CT molecular complexity index is 3610. The first-order valence-corrected chi connectivity index (χ1v) is 18.5. The zero-order valence-corrected chi connectivity index (χ0v) is 29.0. The molecule has 4 nitrogen and oxygen atoms in total. The van der Waals surface area contributed by atoms with Crippen molar-refractivity contribution in [2.45, 2.75) is 0 Å². The highest BCUT2D eigenvalue weighted by molar-refractivity contribution is 6.38. The lowest BCUT2D eigenvalue weighted by molar-refractivity contribution is 1.08. The molecule has 0 atom stereocenters. The number of hydrogen-bond acceptors (Lipinski definition) is 2. The van der Waals surface area contributed by atoms with Crippen molar-refractivity contribution in [3.8, 4) is 33.9 Å². The third-order valence-corrected chi connectivity index (χ3v) is 11.8. The van der Waals surface area contributed by atoms with Gasteiger partial charge in [-0.1, -0.05) is 121 Å². The monoisotopic (exact) mass is 684 g/mol. The van der Waals surface area contributed by atoms with Gasteiger partial charge in [-0.05, 0) is 86.6 Å². The highest BCUT2D eigenvalue weighted by Crippen LogP contribution is 2.50. The van der Waals surface area contributed by atoms with Crippen molar-refractivity contribution in [3.05, 3.63) is 170 Å². The predicted octanol–water partition coefficient (Wildman–Crippen LogP) is 12.9. The van der Waals surface area contributed by atoms with Gasteiger partial charge in [-0.2, -0.15) is 0 Å². The van der Waals surface area contributed by atoms with Gasteiger partial charge in [-0.25, -0.2) is 9.97 Å². The van der Waals surface area contributed by atoms with E-state index in [1.807, 2.05) is 6.07 Å². The minimum atomic E-state index is 0.827. The number of benzene rings is 9. The van der Waals surface area contributed by atoms with Crippen LogP contribution in [0.25, 0.3) is 121 Å². The Morgan fingerprint density at radius 2 is 0.944 bits per heavy atom. The van der Waals surface area contributed by atoms with Crippen LogP contribution in [0.15, 0.2) is 170 Å². The maximum Gasteiger partial charge on any atom is 0.165 e. The van der Waals surface area contributed by atoms with Crippen LogP contribution < -0.4 is 0 Å². The largest absolute Gasteiger partial charge is 0.309 e. The van der Waals surface area contributed by atoms with E-state index in [1.54, 1.807) is 0 Å². The third kappa shape index (κ3) is 3.57. The molecule has 0 bridgehead atoms. The Balaban J connectivity index is 1.20. The second-order valence-electron chi connectivity index (χ2n) is 14.5. The van der Waals surface area contributed by atoms with Crippen molar-refractivity contribution in [3.63, 3.8) is 0 Å². The minimum Gasteiger partial charge on any atom is -0.309 e. The summed E-state index contributed by atoms with van der Waals surface area (Å²) >= 11 is 0. The molecule has 9 aromatic carbocycles. The molecular weight excluding hydrogens is 657 g/mol. The Kier molecular flexibility index (Phi) is 5.34. The van der Waals surface area contributed by atoms with Crippen LogP contribution >= 0.6 is 0 Å². The van der Waals surface area contributed by atoms with Crippen molar-refractivity contribution in [1.82, 2.24) is 19.1 Å². The van der Waals surface area contributed by atoms with Crippen molar-refractivity contribution < 1.29 is 0 Å². The molecule has 54 heavy (non-hydrogen) atoms. The van der Waals surface area contributed by atoms with Crippen LogP contribution in [0.5, 0.6) is 0 Å². The van der Waals surface area contributed by atoms with Crippen LogP contribution in [0.1, 0.15) is 0 Å². The fourth-order valence-corrected chi connectivity index (χ4v) is 9.55. The fraction of sp³-hybridized carbons (Fsp3) is 0. The normalized spacial score (nSPS) is 12.4. The lowest BCUT2D eigenvalue weighted by Gasteiger charge is -2.16. The minimum absolute atomic E-state index is 0.827. The quantitative estimate of drug-likeness (QED) is 0.174. The van der Waals surface area contributed by atoms with Gasteiger partial charge in [-0.15, -0.1) is 0 Å². The van der Waals surface area contributed by atoms with E-state index in [0.29, 0.717) is 0 Å². The number of nitrogens with zero attached hydrogens (tertiary/aromatic N) is 4. The van der Waals surface area contributed by atoms with Gasteiger partial charge in [0.05, 0.1) is 33.1 Å². The summed E-state index contributed by atoms with van der Waals surface area (Å²) in [6.07, 6.45) is 0. The molecule has 0 fully saturated rings. The molecule has 0 saturated carbocycles. The SMILES string of the molecule is c1ccc(-n2c3ccccc3c3ccc(-c4nc5ccccc5nc4-n4c5ccc6cccc7c6c5c5c6c(ccc8cccc-7c86)ccc54)cc32)cc1. The molecular formula is C50H28N4. The van der Waals surface area contributed by atoms with E-state index >= 15 is 0 Å². The molecule has 0 spiro atoms. The molecule has 0 amide bonds. The lowest BCUT2D eigenvalue weighted by atomic mass is 9.93. The summed E-state index contributed by atoms with van der Waals surface area (Å²) in [5.41, 5.74) is 11.9. The molecule has 0 radical (unpaired) electrons. The van der Waals surface area contributed by atoms with Gasteiger partial charge in [0.15, 0.2) is 5.82 Å². The summed E-state index contributed by atoms with van der Waals surface area (Å²) in [6.45, 7) is 0. The Morgan fingerprint density at radius 1 is 0.352 bits per heavy atom. The smallest absolute Gasteiger partial charge is 0.165 e. The molecule has 3 aromatic heterocycles. The van der Waals surface area contributed by atoms with Crippen LogP contribution in [-0.4, -0.2) is 19.1 Å². The molecule has 13 rings (SSSR count). The molecule has 1 aliphatic carbocycles. The number of fused-ring (bicyclic) bond motifs is 5. The van der Waals surface area contributed by atoms with Crippen molar-refractivity contribution in [1.29, 1.82) is 0 Å². The maximum absolute atomic E-state index is 5.53. The van der Waals surface area contributed by atoms with Gasteiger partial charge < -0.3 is 4.57 Å². The van der Waals surface area contributed by atoms with Gasteiger partial charge >= 0.3 is 0 Å². The molecule has 1 aliphatic rings. The standard InChI is InChI=1S/C50H28N4/c1-2-12-33(13-3-1)53-40-19-7-4-14-34(40)35-25-22-32(28-43(35)53)49-50(52-39-18-6-5-17-38(39)51-49)54-41-26-23-30-11-9-16-37-36-15-8-10-29-20-21-31-24-27-42(54)48(46(31)44(29)36)47(41)45(30)37/h1-28H. The van der Waals surface area contributed by atoms with Crippen molar-refractivity contribution in [2.24, 2.45) is 0 Å². The molecule has 0 unspecified atom stereocenters. The summed E-state index contributed by atoms with van der Waals surface area (Å²) in [4.78, 5) is 11.0. The molecule has 0 aliphatic heterocycles. The topological polar surface area (TPSA) is 35.6 Å². The first-order chi connectivity index (χ1) is 26.8. The van der Waals surface area contributed by atoms with Crippen LogP contribution in [0, 0.1) is 0 Å². The van der Waals surface area contributed by atoms with Gasteiger partial charge in [0.2, 0.25) is 0 Å². The molecule has 248 valence electrons. The highest BCUT2D eigenvalue weighted by Gasteiger charge is 2.26. The van der Waals surface area contributed by atoms with Crippen molar-refractivity contribution in [2.75, 3.05) is 0 Å². The second-order valence-corrected chi connectivity index (χ2v) is 14.5. The lowest BCUT2D eigenvalue weighted by Crippen LogP contribution is -2.04. The van der Waals surface area contributed by atoms with E-state index < -0.39 is 0 Å². The van der Waals surface area contributed by atoms with Gasteiger partial charge in [0, 0.05) is 38.2 Å². The Hall–Kier alpha value is -7.30. The number of hydrogen-bond donors (Lipinski definition) is 0. The highest BCUT2D eigenvalue weighted by atomic mass is 15.1. The molecule has 0 N–H and O–H groups in total. The first-order valence-electron chi connectivity index (χ1n) is 18.5. The zero-order chi connectivity index (χ0) is 35.1. The predicted molar refractivity (Wildman–Crippen MR) is 225 cm³/mol. The Labute approximate surface area is 308 Å². The number of rotatable bonds is 3. The molecule has 0 saturated heterocycles. The fourth-order valence-electron chi connectivity index (χ4n) is 9.55. The first kappa shape index (κ1) is 28.3. The van der Waals surface area contributed by atoms with Crippen LogP contribution in [0.2, 0.25) is 0 Å². The second kappa shape index (κ2) is 10.2. The van der Waals surface area contributed by atoms with Gasteiger partial charge in [0.1, 0.15) is 5.69 Å². The third-order valence-electron chi connectivity index (χ3n) is 11.8. The summed E-state index contributed by atoms with van der Waals surface area (Å²) < 4.78 is 4.76. The van der Waals surface area contributed by atoms with Crippen molar-refractivity contribution >= 4 is 87.0 Å². The van der Waals surface area contributed by atoms with Crippen LogP contribution in [0.4, 0.5) is 0 Å². The summed E-state index contributed by atoms with van der Waals surface area (Å²) in [7, 11) is 0. The van der Waals surface area contributed by atoms with Crippen LogP contribution in [-0.2, 0) is 0 Å². The average molecular weight is 685 g/mol. The maximum atomic E-state index is 5.53. The van der Waals surface area contributed by atoms with Gasteiger partial charge in [-0.3, -0.25) is 4.57 Å². The summed E-state index contributed by atoms with van der Waals surface area (Å²) in [5.74, 6) is 0.827. The average Bonchev–Trinajstić information content (AvgIpc) is 3.71. The number of aromatic nitrogens is 4. The number of para-hydroxylation sites is 4. The molecule has 12 aromatic rings. The van der Waals surface area contributed by atoms with Gasteiger partial charge in [0.25, 0.3) is 0 Å². The Morgan fingerprint density at radius 3 is 1.70 bits per heavy atom. The van der Waals surface area contributed by atoms with E-state index in [1.165, 1.54) is 70.5 Å². The zero-order valence-electron chi connectivity index (χ0n) is 29.0. The van der Waals surface area contributed by atoms with E-state index in [0.717, 1.165) is 50.3 Å². The summed E-state index contributed by atoms with van der Waals surface area (Å²) in [6, 6.07) is 61.6. The molecule has 4 heteroatoms.